The van der Waals surface area contributed by atoms with E-state index < -0.39 is 0 Å². The van der Waals surface area contributed by atoms with Crippen LogP contribution in [-0.2, 0) is 6.42 Å². The quantitative estimate of drug-likeness (QED) is 0.397. The van der Waals surface area contributed by atoms with Gasteiger partial charge in [0.15, 0.2) is 0 Å². The Morgan fingerprint density at radius 2 is 1.89 bits per heavy atom. The molecule has 2 nitrogen and oxygen atoms in total. The molecule has 1 aromatic rings. The molecule has 1 rings (SSSR count). The van der Waals surface area contributed by atoms with E-state index in [0.717, 1.165) is 12.1 Å². The van der Waals surface area contributed by atoms with Gasteiger partial charge in [-0.25, -0.2) is 0 Å². The third-order valence-corrected chi connectivity index (χ3v) is 4.98. The molecule has 146 valence electrons. The van der Waals surface area contributed by atoms with Gasteiger partial charge in [0.05, 0.1) is 0 Å². The lowest BCUT2D eigenvalue weighted by atomic mass is 9.89. The normalized spacial score (nSPS) is 14.1. The molecule has 2 heteroatoms. The van der Waals surface area contributed by atoms with Crippen molar-refractivity contribution in [3.63, 3.8) is 0 Å². The van der Waals surface area contributed by atoms with Gasteiger partial charge in [-0.05, 0) is 82.8 Å². The standard InChI is InChI=1S/C25H36N2/c1-10-21-16-22(19(7)26-9)13-14-23(21)15-18(6)24(11-2)25(17(4)5)20(8)27-12-3/h11-16,19,26H,3,10H2,1-2,4-9H3/b18-15+,24-11-,27-20?. The van der Waals surface area contributed by atoms with Gasteiger partial charge in [0.1, 0.15) is 0 Å². The van der Waals surface area contributed by atoms with Gasteiger partial charge in [0.2, 0.25) is 0 Å². The highest BCUT2D eigenvalue weighted by Gasteiger charge is 2.13. The van der Waals surface area contributed by atoms with Gasteiger partial charge >= 0.3 is 0 Å². The van der Waals surface area contributed by atoms with Gasteiger partial charge in [-0.3, -0.25) is 4.99 Å². The van der Waals surface area contributed by atoms with Gasteiger partial charge < -0.3 is 5.32 Å². The predicted molar refractivity (Wildman–Crippen MR) is 122 cm³/mol. The van der Waals surface area contributed by atoms with Gasteiger partial charge in [0.25, 0.3) is 0 Å². The number of hydrogen-bond donors (Lipinski definition) is 1. The Labute approximate surface area is 166 Å². The summed E-state index contributed by atoms with van der Waals surface area (Å²) >= 11 is 0. The third kappa shape index (κ3) is 5.90. The van der Waals surface area contributed by atoms with Crippen LogP contribution >= 0.6 is 0 Å². The molecule has 0 saturated carbocycles. The Morgan fingerprint density at radius 1 is 1.22 bits per heavy atom. The fraction of sp³-hybridized carbons (Fsp3) is 0.400. The van der Waals surface area contributed by atoms with Crippen molar-refractivity contribution in [1.29, 1.82) is 0 Å². The largest absolute Gasteiger partial charge is 0.313 e. The molecule has 0 aliphatic heterocycles. The van der Waals surface area contributed by atoms with E-state index in [1.165, 1.54) is 39.0 Å². The van der Waals surface area contributed by atoms with E-state index in [2.05, 4.69) is 88.8 Å². The fourth-order valence-corrected chi connectivity index (χ4v) is 3.42. The fourth-order valence-electron chi connectivity index (χ4n) is 3.42. The van der Waals surface area contributed by atoms with E-state index in [1.54, 1.807) is 6.20 Å². The Bertz CT molecular complexity index is 785. The minimum Gasteiger partial charge on any atom is -0.313 e. The molecule has 1 unspecified atom stereocenters. The molecule has 0 bridgehead atoms. The highest BCUT2D eigenvalue weighted by atomic mass is 14.8. The summed E-state index contributed by atoms with van der Waals surface area (Å²) in [5, 5.41) is 3.32. The molecule has 1 N–H and O–H groups in total. The van der Waals surface area contributed by atoms with Crippen LogP contribution in [0.15, 0.2) is 64.3 Å². The van der Waals surface area contributed by atoms with Crippen molar-refractivity contribution in [1.82, 2.24) is 5.32 Å². The second kappa shape index (κ2) is 10.8. The van der Waals surface area contributed by atoms with Crippen LogP contribution in [-0.4, -0.2) is 12.8 Å². The summed E-state index contributed by atoms with van der Waals surface area (Å²) < 4.78 is 0. The van der Waals surface area contributed by atoms with Crippen molar-refractivity contribution in [2.75, 3.05) is 7.05 Å². The lowest BCUT2D eigenvalue weighted by molar-refractivity contribution is 0.651. The molecule has 0 heterocycles. The number of rotatable bonds is 8. The molecule has 0 saturated heterocycles. The van der Waals surface area contributed by atoms with E-state index in [9.17, 15) is 0 Å². The number of hydrogen-bond acceptors (Lipinski definition) is 2. The first-order chi connectivity index (χ1) is 12.8. The lowest BCUT2D eigenvalue weighted by Gasteiger charge is -2.17. The Hall–Kier alpha value is -2.19. The zero-order chi connectivity index (χ0) is 20.6. The van der Waals surface area contributed by atoms with Crippen LogP contribution in [0.3, 0.4) is 0 Å². The summed E-state index contributed by atoms with van der Waals surface area (Å²) in [4.78, 5) is 4.43. The molecule has 27 heavy (non-hydrogen) atoms. The maximum absolute atomic E-state index is 4.43. The number of benzene rings is 1. The maximum Gasteiger partial charge on any atom is 0.0449 e. The van der Waals surface area contributed by atoms with Gasteiger partial charge in [-0.15, -0.1) is 0 Å². The van der Waals surface area contributed by atoms with Crippen molar-refractivity contribution < 1.29 is 0 Å². The van der Waals surface area contributed by atoms with Crippen LogP contribution in [0, 0.1) is 0 Å². The first kappa shape index (κ1) is 22.9. The van der Waals surface area contributed by atoms with Crippen LogP contribution < -0.4 is 5.32 Å². The Balaban J connectivity index is 3.43. The number of nitrogens with one attached hydrogen (secondary N) is 1. The number of allylic oxidation sites excluding steroid dienone is 5. The molecule has 0 aromatic heterocycles. The molecule has 1 atom stereocenters. The zero-order valence-electron chi connectivity index (χ0n) is 18.4. The monoisotopic (exact) mass is 364 g/mol. The van der Waals surface area contributed by atoms with E-state index in [4.69, 9.17) is 0 Å². The van der Waals surface area contributed by atoms with E-state index in [1.807, 2.05) is 14.0 Å². The topological polar surface area (TPSA) is 24.4 Å². The van der Waals surface area contributed by atoms with Crippen molar-refractivity contribution in [2.24, 2.45) is 4.99 Å². The van der Waals surface area contributed by atoms with Gasteiger partial charge in [-0.2, -0.15) is 0 Å². The molecule has 0 amide bonds. The van der Waals surface area contributed by atoms with E-state index >= 15 is 0 Å². The second-order valence-electron chi connectivity index (χ2n) is 7.12. The predicted octanol–water partition coefficient (Wildman–Crippen LogP) is 6.82. The van der Waals surface area contributed by atoms with Gasteiger partial charge in [0, 0.05) is 23.5 Å². The average molecular weight is 365 g/mol. The van der Waals surface area contributed by atoms with Crippen molar-refractivity contribution >= 4 is 11.8 Å². The smallest absolute Gasteiger partial charge is 0.0449 e. The molecule has 0 fully saturated rings. The summed E-state index contributed by atoms with van der Waals surface area (Å²) in [7, 11) is 2.00. The van der Waals surface area contributed by atoms with Crippen LogP contribution in [0.2, 0.25) is 0 Å². The van der Waals surface area contributed by atoms with E-state index in [0.29, 0.717) is 6.04 Å². The minimum atomic E-state index is 0.357. The second-order valence-corrected chi connectivity index (χ2v) is 7.12. The first-order valence-electron chi connectivity index (χ1n) is 9.79. The number of aryl methyl sites for hydroxylation is 1. The van der Waals surface area contributed by atoms with Crippen LogP contribution in [0.4, 0.5) is 0 Å². The highest BCUT2D eigenvalue weighted by molar-refractivity contribution is 6.04. The molecule has 0 spiro atoms. The SMILES string of the molecule is C=CN=C(C)C(=C(C)C)C(=C\C)/C(C)=C/c1ccc(C(C)NC)cc1CC. The molecule has 1 aromatic carbocycles. The van der Waals surface area contributed by atoms with Crippen molar-refractivity contribution in [3.8, 4) is 0 Å². The van der Waals surface area contributed by atoms with Crippen LogP contribution in [0.1, 0.15) is 71.2 Å². The third-order valence-electron chi connectivity index (χ3n) is 4.98. The Morgan fingerprint density at radius 3 is 2.37 bits per heavy atom. The van der Waals surface area contributed by atoms with Crippen molar-refractivity contribution in [2.45, 2.75) is 60.9 Å². The summed E-state index contributed by atoms with van der Waals surface area (Å²) in [6, 6.07) is 7.14. The summed E-state index contributed by atoms with van der Waals surface area (Å²) in [5.41, 5.74) is 9.92. The summed E-state index contributed by atoms with van der Waals surface area (Å²) in [6.45, 7) is 18.8. The van der Waals surface area contributed by atoms with Crippen LogP contribution in [0.5, 0.6) is 0 Å². The number of aliphatic imine (C=N–C) groups is 1. The summed E-state index contributed by atoms with van der Waals surface area (Å²) in [5.74, 6) is 0. The van der Waals surface area contributed by atoms with Gasteiger partial charge in [-0.1, -0.05) is 49.4 Å². The summed E-state index contributed by atoms with van der Waals surface area (Å²) in [6.07, 6.45) is 7.11. The molecule has 0 aliphatic rings. The maximum atomic E-state index is 4.43. The number of nitrogens with zero attached hydrogens (tertiary/aromatic N) is 1. The molecular weight excluding hydrogens is 328 g/mol. The van der Waals surface area contributed by atoms with E-state index in [-0.39, 0.29) is 0 Å². The lowest BCUT2D eigenvalue weighted by Crippen LogP contribution is -2.12. The minimum absolute atomic E-state index is 0.357. The van der Waals surface area contributed by atoms with Crippen molar-refractivity contribution in [3.05, 3.63) is 76.0 Å². The Kier molecular flexibility index (Phi) is 9.17. The average Bonchev–Trinajstić information content (AvgIpc) is 2.65. The first-order valence-corrected chi connectivity index (χ1v) is 9.79. The molecular formula is C25H36N2. The van der Waals surface area contributed by atoms with Crippen LogP contribution in [0.25, 0.3) is 6.08 Å². The molecule has 0 radical (unpaired) electrons. The highest BCUT2D eigenvalue weighted by Crippen LogP contribution is 2.27. The zero-order valence-corrected chi connectivity index (χ0v) is 18.4. The molecule has 0 aliphatic carbocycles.